The van der Waals surface area contributed by atoms with Crippen LogP contribution in [0.5, 0.6) is 0 Å². The lowest BCUT2D eigenvalue weighted by molar-refractivity contribution is -0.141. The summed E-state index contributed by atoms with van der Waals surface area (Å²) >= 11 is 0. The van der Waals surface area contributed by atoms with Gasteiger partial charge in [0.15, 0.2) is 0 Å². The standard InChI is InChI=1S/C31H39FN4O2/c1-6-31(38,7-2)29(37)35-28(23-9-8-16-33-19-23)17-25-11-10-21(3)30(25,5)18-24-20-34-36(22(24)4)27-14-12-26(32)13-15-27/h8-9,12-16,19-20,25,28,38H,3,6-7,10-11,17-18H2,1-2,4-5H3,(H,35,37)/t25-,28?,30+/m1/s1. The Morgan fingerprint density at radius 3 is 2.61 bits per heavy atom. The third kappa shape index (κ3) is 5.44. The molecule has 0 aliphatic heterocycles. The number of nitrogens with zero attached hydrogens (tertiary/aromatic N) is 3. The molecule has 2 aromatic heterocycles. The van der Waals surface area contributed by atoms with E-state index < -0.39 is 5.60 Å². The number of hydrogen-bond acceptors (Lipinski definition) is 4. The van der Waals surface area contributed by atoms with Gasteiger partial charge in [0.2, 0.25) is 0 Å². The van der Waals surface area contributed by atoms with Gasteiger partial charge in [-0.1, -0.05) is 39.0 Å². The topological polar surface area (TPSA) is 80.0 Å². The van der Waals surface area contributed by atoms with Crippen molar-refractivity contribution < 1.29 is 14.3 Å². The summed E-state index contributed by atoms with van der Waals surface area (Å²) in [6.07, 6.45) is 9.49. The summed E-state index contributed by atoms with van der Waals surface area (Å²) in [5.74, 6) is -0.361. The fraction of sp³-hybridized carbons (Fsp3) is 0.452. The number of benzene rings is 1. The molecule has 0 bridgehead atoms. The number of pyridine rings is 1. The van der Waals surface area contributed by atoms with Gasteiger partial charge >= 0.3 is 0 Å². The van der Waals surface area contributed by atoms with Crippen LogP contribution in [0.1, 0.15) is 75.7 Å². The second kappa shape index (κ2) is 11.2. The predicted molar refractivity (Wildman–Crippen MR) is 147 cm³/mol. The van der Waals surface area contributed by atoms with Crippen molar-refractivity contribution in [3.8, 4) is 5.69 Å². The van der Waals surface area contributed by atoms with Gasteiger partial charge in [-0.05, 0) is 98.2 Å². The zero-order valence-electron chi connectivity index (χ0n) is 22.9. The van der Waals surface area contributed by atoms with E-state index in [1.807, 2.05) is 43.8 Å². The van der Waals surface area contributed by atoms with E-state index in [9.17, 15) is 14.3 Å². The van der Waals surface area contributed by atoms with Crippen molar-refractivity contribution in [2.45, 2.75) is 77.9 Å². The largest absolute Gasteiger partial charge is 0.380 e. The molecule has 0 radical (unpaired) electrons. The van der Waals surface area contributed by atoms with Gasteiger partial charge in [0.25, 0.3) is 5.91 Å². The van der Waals surface area contributed by atoms with Crippen LogP contribution in [0.3, 0.4) is 0 Å². The van der Waals surface area contributed by atoms with Crippen LogP contribution in [0, 0.1) is 24.1 Å². The van der Waals surface area contributed by atoms with Crippen LogP contribution in [0.4, 0.5) is 4.39 Å². The van der Waals surface area contributed by atoms with Crippen LogP contribution in [0.2, 0.25) is 0 Å². The summed E-state index contributed by atoms with van der Waals surface area (Å²) in [6, 6.07) is 9.92. The number of rotatable bonds is 10. The lowest BCUT2D eigenvalue weighted by Crippen LogP contribution is -2.47. The van der Waals surface area contributed by atoms with Gasteiger partial charge < -0.3 is 10.4 Å². The molecule has 3 atom stereocenters. The maximum Gasteiger partial charge on any atom is 0.252 e. The minimum atomic E-state index is -1.39. The summed E-state index contributed by atoms with van der Waals surface area (Å²) in [7, 11) is 0. The van der Waals surface area contributed by atoms with Gasteiger partial charge in [0, 0.05) is 18.1 Å². The molecule has 7 heteroatoms. The molecule has 1 aliphatic carbocycles. The lowest BCUT2D eigenvalue weighted by Gasteiger charge is -2.36. The normalized spacial score (nSPS) is 20.5. The van der Waals surface area contributed by atoms with E-state index in [2.05, 4.69) is 28.9 Å². The van der Waals surface area contributed by atoms with Crippen molar-refractivity contribution in [1.82, 2.24) is 20.1 Å². The first-order chi connectivity index (χ1) is 18.1. The zero-order valence-corrected chi connectivity index (χ0v) is 22.9. The summed E-state index contributed by atoms with van der Waals surface area (Å²) in [4.78, 5) is 17.5. The molecule has 2 heterocycles. The van der Waals surface area contributed by atoms with E-state index in [0.29, 0.717) is 19.3 Å². The highest BCUT2D eigenvalue weighted by Crippen LogP contribution is 2.52. The van der Waals surface area contributed by atoms with Crippen molar-refractivity contribution in [3.63, 3.8) is 0 Å². The molecule has 1 aliphatic rings. The number of carbonyl (C=O) groups is 1. The smallest absolute Gasteiger partial charge is 0.252 e. The first-order valence-corrected chi connectivity index (χ1v) is 13.5. The Hall–Kier alpha value is -3.32. The first kappa shape index (κ1) is 27.7. The average Bonchev–Trinajstić information content (AvgIpc) is 3.42. The Morgan fingerprint density at radius 1 is 1.26 bits per heavy atom. The number of amides is 1. The van der Waals surface area contributed by atoms with Crippen molar-refractivity contribution in [1.29, 1.82) is 0 Å². The van der Waals surface area contributed by atoms with Crippen molar-refractivity contribution in [2.75, 3.05) is 0 Å². The molecular formula is C31H39FN4O2. The fourth-order valence-corrected chi connectivity index (χ4v) is 5.75. The summed E-state index contributed by atoms with van der Waals surface area (Å²) < 4.78 is 15.3. The van der Waals surface area contributed by atoms with Crippen LogP contribution in [0.15, 0.2) is 67.1 Å². The molecule has 3 aromatic rings. The molecule has 1 fully saturated rings. The Labute approximate surface area is 225 Å². The van der Waals surface area contributed by atoms with Gasteiger partial charge in [0.1, 0.15) is 11.4 Å². The van der Waals surface area contributed by atoms with E-state index >= 15 is 0 Å². The third-order valence-corrected chi connectivity index (χ3v) is 8.75. The number of nitrogens with one attached hydrogen (secondary N) is 1. The summed E-state index contributed by atoms with van der Waals surface area (Å²) in [5.41, 5.74) is 3.50. The Morgan fingerprint density at radius 2 is 1.97 bits per heavy atom. The number of halogens is 1. The molecule has 202 valence electrons. The van der Waals surface area contributed by atoms with E-state index in [4.69, 9.17) is 0 Å². The lowest BCUT2D eigenvalue weighted by atomic mass is 9.70. The molecule has 2 N–H and O–H groups in total. The Bertz CT molecular complexity index is 1270. The summed E-state index contributed by atoms with van der Waals surface area (Å²) in [6.45, 7) is 12.4. The van der Waals surface area contributed by atoms with E-state index in [-0.39, 0.29) is 29.1 Å². The predicted octanol–water partition coefficient (Wildman–Crippen LogP) is 6.03. The van der Waals surface area contributed by atoms with Crippen LogP contribution in [0.25, 0.3) is 5.69 Å². The van der Waals surface area contributed by atoms with Crippen molar-refractivity contribution in [3.05, 3.63) is 89.8 Å². The molecule has 4 rings (SSSR count). The summed E-state index contributed by atoms with van der Waals surface area (Å²) in [5, 5.41) is 18.6. The molecule has 1 amide bonds. The van der Waals surface area contributed by atoms with Gasteiger partial charge in [-0.2, -0.15) is 5.10 Å². The highest BCUT2D eigenvalue weighted by molar-refractivity contribution is 5.85. The average molecular weight is 519 g/mol. The Balaban J connectivity index is 1.60. The van der Waals surface area contributed by atoms with Crippen LogP contribution in [-0.2, 0) is 11.2 Å². The number of hydrogen-bond donors (Lipinski definition) is 2. The maximum absolute atomic E-state index is 13.4. The molecule has 0 saturated heterocycles. The molecular weight excluding hydrogens is 479 g/mol. The third-order valence-electron chi connectivity index (χ3n) is 8.75. The van der Waals surface area contributed by atoms with Crippen LogP contribution >= 0.6 is 0 Å². The van der Waals surface area contributed by atoms with Gasteiger partial charge in [-0.15, -0.1) is 0 Å². The number of allylic oxidation sites excluding steroid dienone is 1. The zero-order chi connectivity index (χ0) is 27.5. The number of aromatic nitrogens is 3. The number of carbonyl (C=O) groups excluding carboxylic acids is 1. The molecule has 1 aromatic carbocycles. The highest BCUT2D eigenvalue weighted by Gasteiger charge is 2.44. The minimum absolute atomic E-state index is 0.196. The molecule has 1 saturated carbocycles. The van der Waals surface area contributed by atoms with E-state index in [1.54, 1.807) is 24.5 Å². The number of aliphatic hydroxyl groups is 1. The molecule has 1 unspecified atom stereocenters. The van der Waals surface area contributed by atoms with Gasteiger partial charge in [-0.25, -0.2) is 9.07 Å². The maximum atomic E-state index is 13.4. The molecule has 0 spiro atoms. The molecule has 6 nitrogen and oxygen atoms in total. The Kier molecular flexibility index (Phi) is 8.16. The second-order valence-corrected chi connectivity index (χ2v) is 10.9. The van der Waals surface area contributed by atoms with Gasteiger partial charge in [-0.3, -0.25) is 9.78 Å². The van der Waals surface area contributed by atoms with E-state index in [1.165, 1.54) is 17.7 Å². The van der Waals surface area contributed by atoms with E-state index in [0.717, 1.165) is 41.8 Å². The minimum Gasteiger partial charge on any atom is -0.380 e. The van der Waals surface area contributed by atoms with Crippen molar-refractivity contribution >= 4 is 5.91 Å². The molecule has 38 heavy (non-hydrogen) atoms. The monoisotopic (exact) mass is 518 g/mol. The SMILES string of the molecule is C=C1CC[C@H](CC(NC(=O)C(O)(CC)CC)c2cccnc2)[C@@]1(C)Cc1cnn(-c2ccc(F)cc2)c1C. The highest BCUT2D eigenvalue weighted by atomic mass is 19.1. The quantitative estimate of drug-likeness (QED) is 0.321. The fourth-order valence-electron chi connectivity index (χ4n) is 5.75. The van der Waals surface area contributed by atoms with Crippen molar-refractivity contribution in [2.24, 2.45) is 11.3 Å². The second-order valence-electron chi connectivity index (χ2n) is 10.9. The van der Waals surface area contributed by atoms with Crippen LogP contribution in [-0.4, -0.2) is 31.4 Å². The van der Waals surface area contributed by atoms with Gasteiger partial charge in [0.05, 0.1) is 17.9 Å². The first-order valence-electron chi connectivity index (χ1n) is 13.5. The van der Waals surface area contributed by atoms with Crippen LogP contribution < -0.4 is 5.32 Å².